The Kier molecular flexibility index (Phi) is 8.18. The van der Waals surface area contributed by atoms with E-state index in [0.29, 0.717) is 19.5 Å². The Morgan fingerprint density at radius 1 is 1.17 bits per heavy atom. The number of amides is 1. The van der Waals surface area contributed by atoms with Crippen LogP contribution in [0.2, 0.25) is 0 Å². The number of nitrogens with one attached hydrogen (secondary N) is 2. The van der Waals surface area contributed by atoms with Crippen LogP contribution in [0.1, 0.15) is 12.0 Å². The third-order valence-electron chi connectivity index (χ3n) is 3.23. The Morgan fingerprint density at radius 2 is 1.83 bits per heavy atom. The van der Waals surface area contributed by atoms with E-state index in [9.17, 15) is 13.2 Å². The maximum Gasteiger partial charge on any atom is 0.238 e. The molecule has 0 aliphatic carbocycles. The molecule has 0 fully saturated rings. The van der Waals surface area contributed by atoms with E-state index >= 15 is 0 Å². The van der Waals surface area contributed by atoms with Gasteiger partial charge < -0.3 is 15.5 Å². The largest absolute Gasteiger partial charge is 0.355 e. The maximum absolute atomic E-state index is 11.6. The molecule has 8 heteroatoms. The van der Waals surface area contributed by atoms with Gasteiger partial charge in [-0.1, -0.05) is 12.1 Å². The SMILES string of the molecule is CN(C)CCCNC(=O)CNCCc1ccc(S(N)(=O)=O)cc1. The maximum atomic E-state index is 11.6. The number of carbonyl (C=O) groups excluding carboxylic acids is 1. The lowest BCUT2D eigenvalue weighted by molar-refractivity contribution is -0.120. The monoisotopic (exact) mass is 342 g/mol. The van der Waals surface area contributed by atoms with Crippen LogP contribution in [0.15, 0.2) is 29.2 Å². The fourth-order valence-corrected chi connectivity index (χ4v) is 2.48. The van der Waals surface area contributed by atoms with Crippen molar-refractivity contribution in [3.8, 4) is 0 Å². The molecular formula is C15H26N4O3S. The van der Waals surface area contributed by atoms with E-state index in [1.54, 1.807) is 12.1 Å². The number of sulfonamides is 1. The average molecular weight is 342 g/mol. The predicted molar refractivity (Wildman–Crippen MR) is 90.6 cm³/mol. The van der Waals surface area contributed by atoms with Gasteiger partial charge in [0.25, 0.3) is 0 Å². The quantitative estimate of drug-likeness (QED) is 0.499. The molecule has 1 amide bonds. The summed E-state index contributed by atoms with van der Waals surface area (Å²) in [4.78, 5) is 13.8. The van der Waals surface area contributed by atoms with Gasteiger partial charge in [-0.25, -0.2) is 13.6 Å². The number of nitrogens with zero attached hydrogens (tertiary/aromatic N) is 1. The molecule has 1 aromatic carbocycles. The van der Waals surface area contributed by atoms with Gasteiger partial charge in [0.1, 0.15) is 0 Å². The molecule has 1 aromatic rings. The van der Waals surface area contributed by atoms with Crippen LogP contribution in [0.4, 0.5) is 0 Å². The first-order valence-electron chi connectivity index (χ1n) is 7.53. The predicted octanol–water partition coefficient (Wildman–Crippen LogP) is -0.466. The van der Waals surface area contributed by atoms with Crippen molar-refractivity contribution in [1.82, 2.24) is 15.5 Å². The van der Waals surface area contributed by atoms with Gasteiger partial charge in [-0.2, -0.15) is 0 Å². The summed E-state index contributed by atoms with van der Waals surface area (Å²) in [5, 5.41) is 11.0. The summed E-state index contributed by atoms with van der Waals surface area (Å²) in [6, 6.07) is 6.43. The zero-order chi connectivity index (χ0) is 17.3. The van der Waals surface area contributed by atoms with Gasteiger partial charge in [-0.3, -0.25) is 4.79 Å². The summed E-state index contributed by atoms with van der Waals surface area (Å²) >= 11 is 0. The van der Waals surface area contributed by atoms with Crippen molar-refractivity contribution in [1.29, 1.82) is 0 Å². The summed E-state index contributed by atoms with van der Waals surface area (Å²) in [6.07, 6.45) is 1.63. The molecule has 0 saturated heterocycles. The van der Waals surface area contributed by atoms with Crippen molar-refractivity contribution >= 4 is 15.9 Å². The van der Waals surface area contributed by atoms with Crippen molar-refractivity contribution in [3.05, 3.63) is 29.8 Å². The normalized spacial score (nSPS) is 11.7. The van der Waals surface area contributed by atoms with E-state index in [2.05, 4.69) is 15.5 Å². The van der Waals surface area contributed by atoms with E-state index in [1.165, 1.54) is 12.1 Å². The second-order valence-electron chi connectivity index (χ2n) is 5.62. The van der Waals surface area contributed by atoms with Crippen LogP contribution in [0, 0.1) is 0 Å². The summed E-state index contributed by atoms with van der Waals surface area (Å²) in [5.74, 6) is -0.0201. The summed E-state index contributed by atoms with van der Waals surface area (Å²) < 4.78 is 22.3. The average Bonchev–Trinajstić information content (AvgIpc) is 2.47. The molecule has 0 aromatic heterocycles. The number of rotatable bonds is 10. The highest BCUT2D eigenvalue weighted by atomic mass is 32.2. The van der Waals surface area contributed by atoms with Crippen LogP contribution >= 0.6 is 0 Å². The van der Waals surface area contributed by atoms with Crippen LogP contribution < -0.4 is 15.8 Å². The molecule has 0 radical (unpaired) electrons. The molecule has 0 unspecified atom stereocenters. The third-order valence-corrected chi connectivity index (χ3v) is 4.16. The number of carbonyl (C=O) groups is 1. The van der Waals surface area contributed by atoms with Gasteiger partial charge in [0.2, 0.25) is 15.9 Å². The van der Waals surface area contributed by atoms with Crippen LogP contribution in [-0.2, 0) is 21.2 Å². The van der Waals surface area contributed by atoms with Crippen LogP contribution in [0.3, 0.4) is 0 Å². The van der Waals surface area contributed by atoms with Crippen molar-refractivity contribution in [3.63, 3.8) is 0 Å². The van der Waals surface area contributed by atoms with Gasteiger partial charge in [0.05, 0.1) is 11.4 Å². The van der Waals surface area contributed by atoms with Gasteiger partial charge in [0.15, 0.2) is 0 Å². The van der Waals surface area contributed by atoms with Crippen molar-refractivity contribution in [2.45, 2.75) is 17.7 Å². The summed E-state index contributed by atoms with van der Waals surface area (Å²) in [6.45, 7) is 2.53. The Hall–Kier alpha value is -1.48. The van der Waals surface area contributed by atoms with E-state index in [1.807, 2.05) is 14.1 Å². The van der Waals surface area contributed by atoms with E-state index < -0.39 is 10.0 Å². The molecule has 4 N–H and O–H groups in total. The van der Waals surface area contributed by atoms with Crippen LogP contribution in [0.25, 0.3) is 0 Å². The molecule has 0 heterocycles. The fourth-order valence-electron chi connectivity index (χ4n) is 1.97. The number of hydrogen-bond acceptors (Lipinski definition) is 5. The number of benzene rings is 1. The molecule has 1 rings (SSSR count). The molecule has 0 spiro atoms. The lowest BCUT2D eigenvalue weighted by Gasteiger charge is -2.10. The third kappa shape index (κ3) is 8.65. The molecule has 0 saturated carbocycles. The van der Waals surface area contributed by atoms with E-state index in [0.717, 1.165) is 18.5 Å². The Bertz CT molecular complexity index is 585. The Labute approximate surface area is 138 Å². The molecule has 7 nitrogen and oxygen atoms in total. The van der Waals surface area contributed by atoms with Gasteiger partial charge in [-0.15, -0.1) is 0 Å². The minimum atomic E-state index is -3.64. The number of primary sulfonamides is 1. The van der Waals surface area contributed by atoms with Gasteiger partial charge in [-0.05, 0) is 57.7 Å². The molecule has 130 valence electrons. The second kappa shape index (κ2) is 9.61. The highest BCUT2D eigenvalue weighted by Gasteiger charge is 2.06. The molecule has 0 bridgehead atoms. The van der Waals surface area contributed by atoms with Crippen LogP contribution in [0.5, 0.6) is 0 Å². The summed E-state index contributed by atoms with van der Waals surface area (Å²) in [5.41, 5.74) is 0.983. The Balaban J connectivity index is 2.18. The van der Waals surface area contributed by atoms with Gasteiger partial charge >= 0.3 is 0 Å². The molecule has 23 heavy (non-hydrogen) atoms. The summed E-state index contributed by atoms with van der Waals surface area (Å²) in [7, 11) is 0.354. The minimum absolute atomic E-state index is 0.0201. The number of nitrogens with two attached hydrogens (primary N) is 1. The van der Waals surface area contributed by atoms with Crippen LogP contribution in [-0.4, -0.2) is 59.5 Å². The molecule has 0 aliphatic heterocycles. The standard InChI is InChI=1S/C15H26N4O3S/c1-19(2)11-3-9-18-15(20)12-17-10-8-13-4-6-14(7-5-13)23(16,21)22/h4-7,17H,3,8-12H2,1-2H3,(H,18,20)(H2,16,21,22). The highest BCUT2D eigenvalue weighted by molar-refractivity contribution is 7.89. The Morgan fingerprint density at radius 3 is 2.39 bits per heavy atom. The topological polar surface area (TPSA) is 105 Å². The zero-order valence-corrected chi connectivity index (χ0v) is 14.5. The second-order valence-corrected chi connectivity index (χ2v) is 7.18. The first kappa shape index (κ1) is 19.6. The van der Waals surface area contributed by atoms with Crippen molar-refractivity contribution < 1.29 is 13.2 Å². The lowest BCUT2D eigenvalue weighted by atomic mass is 10.1. The van der Waals surface area contributed by atoms with E-state index in [4.69, 9.17) is 5.14 Å². The van der Waals surface area contributed by atoms with Crippen molar-refractivity contribution in [2.75, 3.05) is 40.3 Å². The minimum Gasteiger partial charge on any atom is -0.355 e. The molecule has 0 atom stereocenters. The lowest BCUT2D eigenvalue weighted by Crippen LogP contribution is -2.35. The van der Waals surface area contributed by atoms with Crippen molar-refractivity contribution in [2.24, 2.45) is 5.14 Å². The fraction of sp³-hybridized carbons (Fsp3) is 0.533. The first-order chi connectivity index (χ1) is 10.8. The smallest absolute Gasteiger partial charge is 0.238 e. The van der Waals surface area contributed by atoms with Gasteiger partial charge in [0, 0.05) is 6.54 Å². The van der Waals surface area contributed by atoms with E-state index in [-0.39, 0.29) is 17.3 Å². The zero-order valence-electron chi connectivity index (χ0n) is 13.7. The molecular weight excluding hydrogens is 316 g/mol. The first-order valence-corrected chi connectivity index (χ1v) is 9.07. The number of hydrogen-bond donors (Lipinski definition) is 3. The molecule has 0 aliphatic rings. The highest BCUT2D eigenvalue weighted by Crippen LogP contribution is 2.08.